The van der Waals surface area contributed by atoms with E-state index in [1.165, 1.54) is 0 Å². The molecule has 0 bridgehead atoms. The number of aliphatic hydroxyl groups is 1. The lowest BCUT2D eigenvalue weighted by atomic mass is 10.2. The third-order valence-electron chi connectivity index (χ3n) is 1.41. The molecule has 11 heavy (non-hydrogen) atoms. The standard InChI is InChI=1S/C9H16O2/c1-4-6-9(7-10)8(3)11-5-2/h4,8,10H,5,7H2,1-3H3. The number of aliphatic hydroxyl groups excluding tert-OH is 1. The van der Waals surface area contributed by atoms with Crippen LogP contribution >= 0.6 is 0 Å². The Balaban J connectivity index is 4.14. The van der Waals surface area contributed by atoms with Crippen LogP contribution in [0.4, 0.5) is 0 Å². The van der Waals surface area contributed by atoms with Crippen LogP contribution in [0.3, 0.4) is 0 Å². The van der Waals surface area contributed by atoms with E-state index in [0.29, 0.717) is 6.61 Å². The molecule has 0 fully saturated rings. The SMILES string of the molecule is CC=C=C(CO)C(C)OCC. The van der Waals surface area contributed by atoms with Crippen LogP contribution in [-0.2, 0) is 4.74 Å². The van der Waals surface area contributed by atoms with Gasteiger partial charge in [-0.3, -0.25) is 0 Å². The summed E-state index contributed by atoms with van der Waals surface area (Å²) in [5.74, 6) is 0. The Labute approximate surface area is 68.2 Å². The predicted molar refractivity (Wildman–Crippen MR) is 45.4 cm³/mol. The van der Waals surface area contributed by atoms with Gasteiger partial charge in [0.25, 0.3) is 0 Å². The zero-order valence-electron chi connectivity index (χ0n) is 7.42. The van der Waals surface area contributed by atoms with Crippen molar-refractivity contribution in [1.82, 2.24) is 0 Å². The average molecular weight is 156 g/mol. The largest absolute Gasteiger partial charge is 0.391 e. The average Bonchev–Trinajstić information content (AvgIpc) is 2.00. The summed E-state index contributed by atoms with van der Waals surface area (Å²) in [6.45, 7) is 6.39. The fourth-order valence-electron chi connectivity index (χ4n) is 0.828. The normalized spacial score (nSPS) is 12.0. The molecule has 2 nitrogen and oxygen atoms in total. The van der Waals surface area contributed by atoms with E-state index in [1.807, 2.05) is 20.8 Å². The third kappa shape index (κ3) is 3.99. The highest BCUT2D eigenvalue weighted by Crippen LogP contribution is 2.03. The molecule has 64 valence electrons. The molecule has 0 heterocycles. The molecule has 0 aromatic carbocycles. The Morgan fingerprint density at radius 2 is 2.36 bits per heavy atom. The predicted octanol–water partition coefficient (Wildman–Crippen LogP) is 1.51. The number of rotatable bonds is 4. The van der Waals surface area contributed by atoms with Gasteiger partial charge in [-0.15, -0.1) is 5.73 Å². The number of ether oxygens (including phenoxy) is 1. The summed E-state index contributed by atoms with van der Waals surface area (Å²) in [6, 6.07) is 0. The van der Waals surface area contributed by atoms with E-state index < -0.39 is 0 Å². The van der Waals surface area contributed by atoms with Gasteiger partial charge in [-0.1, -0.05) is 0 Å². The summed E-state index contributed by atoms with van der Waals surface area (Å²) in [5.41, 5.74) is 3.73. The molecular weight excluding hydrogens is 140 g/mol. The quantitative estimate of drug-likeness (QED) is 0.625. The van der Waals surface area contributed by atoms with Gasteiger partial charge >= 0.3 is 0 Å². The molecular formula is C9H16O2. The van der Waals surface area contributed by atoms with Crippen molar-refractivity contribution in [2.45, 2.75) is 26.9 Å². The highest BCUT2D eigenvalue weighted by Gasteiger charge is 2.05. The van der Waals surface area contributed by atoms with Crippen molar-refractivity contribution < 1.29 is 9.84 Å². The number of hydrogen-bond acceptors (Lipinski definition) is 2. The molecule has 0 aliphatic rings. The lowest BCUT2D eigenvalue weighted by Crippen LogP contribution is -2.13. The summed E-state index contributed by atoms with van der Waals surface area (Å²) in [7, 11) is 0. The fourth-order valence-corrected chi connectivity index (χ4v) is 0.828. The second-order valence-electron chi connectivity index (χ2n) is 2.21. The minimum Gasteiger partial charge on any atom is -0.391 e. The van der Waals surface area contributed by atoms with Crippen molar-refractivity contribution >= 4 is 0 Å². The van der Waals surface area contributed by atoms with Gasteiger partial charge in [0.05, 0.1) is 12.7 Å². The summed E-state index contributed by atoms with van der Waals surface area (Å²) in [6.07, 6.45) is 1.75. The molecule has 0 aliphatic heterocycles. The molecule has 0 saturated carbocycles. The topological polar surface area (TPSA) is 29.5 Å². The van der Waals surface area contributed by atoms with Gasteiger partial charge in [-0.25, -0.2) is 0 Å². The molecule has 0 aliphatic carbocycles. The first-order chi connectivity index (χ1) is 5.26. The zero-order valence-corrected chi connectivity index (χ0v) is 7.42. The minimum absolute atomic E-state index is 0.0194. The van der Waals surface area contributed by atoms with Crippen molar-refractivity contribution in [2.24, 2.45) is 0 Å². The first-order valence-corrected chi connectivity index (χ1v) is 3.88. The zero-order chi connectivity index (χ0) is 8.69. The highest BCUT2D eigenvalue weighted by atomic mass is 16.5. The van der Waals surface area contributed by atoms with E-state index >= 15 is 0 Å². The maximum atomic E-state index is 8.85. The van der Waals surface area contributed by atoms with Crippen LogP contribution in [0.5, 0.6) is 0 Å². The third-order valence-corrected chi connectivity index (χ3v) is 1.41. The Morgan fingerprint density at radius 3 is 2.73 bits per heavy atom. The van der Waals surface area contributed by atoms with E-state index in [0.717, 1.165) is 5.57 Å². The molecule has 2 heteroatoms. The van der Waals surface area contributed by atoms with Crippen molar-refractivity contribution in [3.8, 4) is 0 Å². The molecule has 0 spiro atoms. The molecule has 1 unspecified atom stereocenters. The van der Waals surface area contributed by atoms with Crippen LogP contribution in [0.15, 0.2) is 17.4 Å². The lowest BCUT2D eigenvalue weighted by molar-refractivity contribution is 0.0925. The van der Waals surface area contributed by atoms with Crippen molar-refractivity contribution in [3.63, 3.8) is 0 Å². The van der Waals surface area contributed by atoms with Crippen LogP contribution < -0.4 is 0 Å². The van der Waals surface area contributed by atoms with Crippen LogP contribution in [0.2, 0.25) is 0 Å². The van der Waals surface area contributed by atoms with Crippen LogP contribution in [0.1, 0.15) is 20.8 Å². The van der Waals surface area contributed by atoms with Gasteiger partial charge in [-0.2, -0.15) is 0 Å². The Bertz CT molecular complexity index is 155. The molecule has 1 N–H and O–H groups in total. The van der Waals surface area contributed by atoms with E-state index in [-0.39, 0.29) is 12.7 Å². The first kappa shape index (κ1) is 10.4. The van der Waals surface area contributed by atoms with Crippen molar-refractivity contribution in [3.05, 3.63) is 17.4 Å². The lowest BCUT2D eigenvalue weighted by Gasteiger charge is -2.11. The minimum atomic E-state index is -0.0267. The Hall–Kier alpha value is -0.560. The second kappa shape index (κ2) is 6.17. The maximum absolute atomic E-state index is 8.85. The molecule has 1 atom stereocenters. The molecule has 0 rings (SSSR count). The molecule has 0 amide bonds. The first-order valence-electron chi connectivity index (χ1n) is 3.88. The highest BCUT2D eigenvalue weighted by molar-refractivity contribution is 5.06. The van der Waals surface area contributed by atoms with Crippen molar-refractivity contribution in [1.29, 1.82) is 0 Å². The molecule has 0 saturated heterocycles. The van der Waals surface area contributed by atoms with Gasteiger partial charge in [0.1, 0.15) is 0 Å². The van der Waals surface area contributed by atoms with E-state index in [1.54, 1.807) is 6.08 Å². The van der Waals surface area contributed by atoms with Gasteiger partial charge in [0, 0.05) is 12.2 Å². The molecule has 0 radical (unpaired) electrons. The summed E-state index contributed by atoms with van der Waals surface area (Å²) < 4.78 is 5.27. The second-order valence-corrected chi connectivity index (χ2v) is 2.21. The summed E-state index contributed by atoms with van der Waals surface area (Å²) in [4.78, 5) is 0. The molecule has 0 aromatic heterocycles. The van der Waals surface area contributed by atoms with Crippen LogP contribution in [0.25, 0.3) is 0 Å². The maximum Gasteiger partial charge on any atom is 0.0853 e. The van der Waals surface area contributed by atoms with E-state index in [2.05, 4.69) is 5.73 Å². The van der Waals surface area contributed by atoms with Gasteiger partial charge in [0.2, 0.25) is 0 Å². The summed E-state index contributed by atoms with van der Waals surface area (Å²) in [5, 5.41) is 8.85. The number of hydrogen-bond donors (Lipinski definition) is 1. The van der Waals surface area contributed by atoms with Crippen molar-refractivity contribution in [2.75, 3.05) is 13.2 Å². The smallest absolute Gasteiger partial charge is 0.0853 e. The van der Waals surface area contributed by atoms with Gasteiger partial charge < -0.3 is 9.84 Å². The Kier molecular flexibility index (Phi) is 5.86. The van der Waals surface area contributed by atoms with Gasteiger partial charge in [-0.05, 0) is 26.8 Å². The van der Waals surface area contributed by atoms with E-state index in [9.17, 15) is 0 Å². The van der Waals surface area contributed by atoms with Crippen LogP contribution in [0, 0.1) is 0 Å². The fraction of sp³-hybridized carbons (Fsp3) is 0.667. The summed E-state index contributed by atoms with van der Waals surface area (Å²) >= 11 is 0. The van der Waals surface area contributed by atoms with E-state index in [4.69, 9.17) is 9.84 Å². The molecule has 0 aromatic rings. The van der Waals surface area contributed by atoms with Gasteiger partial charge in [0.15, 0.2) is 0 Å². The van der Waals surface area contributed by atoms with Crippen LogP contribution in [-0.4, -0.2) is 24.4 Å². The Morgan fingerprint density at radius 1 is 1.73 bits per heavy atom. The monoisotopic (exact) mass is 156 g/mol.